The summed E-state index contributed by atoms with van der Waals surface area (Å²) in [5.41, 5.74) is 0.926. The Labute approximate surface area is 113 Å². The normalized spacial score (nSPS) is 12.6. The number of halogens is 1. The quantitative estimate of drug-likeness (QED) is 0.892. The third-order valence-electron chi connectivity index (χ3n) is 2.61. The molecular formula is C13H14BrNOS. The molecule has 0 radical (unpaired) electrons. The summed E-state index contributed by atoms with van der Waals surface area (Å²) < 4.78 is 1.14. The van der Waals surface area contributed by atoms with Crippen LogP contribution in [0.15, 0.2) is 40.2 Å². The topological polar surface area (TPSA) is 32.3 Å². The molecule has 1 unspecified atom stereocenters. The van der Waals surface area contributed by atoms with E-state index in [2.05, 4.69) is 40.3 Å². The monoisotopic (exact) mass is 311 g/mol. The Morgan fingerprint density at radius 2 is 2.06 bits per heavy atom. The van der Waals surface area contributed by atoms with Crippen molar-refractivity contribution in [3.05, 3.63) is 50.6 Å². The van der Waals surface area contributed by atoms with Crippen LogP contribution in [-0.4, -0.2) is 5.11 Å². The molecule has 1 aromatic carbocycles. The van der Waals surface area contributed by atoms with Crippen molar-refractivity contribution < 1.29 is 5.11 Å². The van der Waals surface area contributed by atoms with Crippen LogP contribution in [0.1, 0.15) is 23.4 Å². The number of phenolic OH excluding ortho intramolecular Hbond substituents is 1. The molecular weight excluding hydrogens is 298 g/mol. The van der Waals surface area contributed by atoms with Crippen molar-refractivity contribution in [1.82, 2.24) is 5.32 Å². The van der Waals surface area contributed by atoms with Crippen LogP contribution in [-0.2, 0) is 6.54 Å². The zero-order valence-corrected chi connectivity index (χ0v) is 11.9. The fourth-order valence-electron chi connectivity index (χ4n) is 1.58. The average Bonchev–Trinajstić information content (AvgIpc) is 2.74. The SMILES string of the molecule is CC(NCc1ccccc1O)c1ccc(Br)s1. The highest BCUT2D eigenvalue weighted by Gasteiger charge is 2.08. The number of hydrogen-bond acceptors (Lipinski definition) is 3. The van der Waals surface area contributed by atoms with E-state index in [9.17, 15) is 5.11 Å². The first-order valence-corrected chi connectivity index (χ1v) is 7.03. The molecule has 0 spiro atoms. The number of phenols is 1. The first kappa shape index (κ1) is 12.6. The second-order valence-electron chi connectivity index (χ2n) is 3.87. The molecule has 2 N–H and O–H groups in total. The van der Waals surface area contributed by atoms with Crippen LogP contribution in [0, 0.1) is 0 Å². The zero-order chi connectivity index (χ0) is 12.3. The summed E-state index contributed by atoms with van der Waals surface area (Å²) >= 11 is 5.19. The lowest BCUT2D eigenvalue weighted by molar-refractivity contribution is 0.461. The van der Waals surface area contributed by atoms with Crippen LogP contribution in [0.2, 0.25) is 0 Å². The van der Waals surface area contributed by atoms with E-state index >= 15 is 0 Å². The molecule has 4 heteroatoms. The summed E-state index contributed by atoms with van der Waals surface area (Å²) in [5, 5.41) is 13.1. The van der Waals surface area contributed by atoms with Crippen LogP contribution in [0.3, 0.4) is 0 Å². The van der Waals surface area contributed by atoms with E-state index in [-0.39, 0.29) is 6.04 Å². The lowest BCUT2D eigenvalue weighted by Gasteiger charge is -2.12. The van der Waals surface area contributed by atoms with E-state index in [1.807, 2.05) is 18.2 Å². The Hall–Kier alpha value is -0.840. The Morgan fingerprint density at radius 1 is 1.29 bits per heavy atom. The van der Waals surface area contributed by atoms with Crippen LogP contribution < -0.4 is 5.32 Å². The molecule has 90 valence electrons. The van der Waals surface area contributed by atoms with Gasteiger partial charge in [-0.15, -0.1) is 11.3 Å². The molecule has 2 nitrogen and oxygen atoms in total. The van der Waals surface area contributed by atoms with Gasteiger partial charge in [0.2, 0.25) is 0 Å². The van der Waals surface area contributed by atoms with Gasteiger partial charge in [-0.05, 0) is 41.1 Å². The summed E-state index contributed by atoms with van der Waals surface area (Å²) in [7, 11) is 0. The number of hydrogen-bond donors (Lipinski definition) is 2. The first-order valence-electron chi connectivity index (χ1n) is 5.42. The highest BCUT2D eigenvalue weighted by molar-refractivity contribution is 9.11. The number of thiophene rings is 1. The van der Waals surface area contributed by atoms with Crippen molar-refractivity contribution in [3.8, 4) is 5.75 Å². The minimum Gasteiger partial charge on any atom is -0.508 e. The fourth-order valence-corrected chi connectivity index (χ4v) is 3.04. The minimum absolute atomic E-state index is 0.283. The molecule has 2 rings (SSSR count). The molecule has 0 fully saturated rings. The maximum atomic E-state index is 9.65. The Balaban J connectivity index is 1.97. The van der Waals surface area contributed by atoms with E-state index < -0.39 is 0 Å². The predicted octanol–water partition coefficient (Wildman–Crippen LogP) is 4.07. The standard InChI is InChI=1S/C13H14BrNOS/c1-9(12-6-7-13(14)17-12)15-8-10-4-2-3-5-11(10)16/h2-7,9,15-16H,8H2,1H3. The molecule has 0 amide bonds. The van der Waals surface area contributed by atoms with E-state index in [0.29, 0.717) is 12.3 Å². The maximum absolute atomic E-state index is 9.65. The van der Waals surface area contributed by atoms with Gasteiger partial charge in [0.25, 0.3) is 0 Å². The highest BCUT2D eigenvalue weighted by atomic mass is 79.9. The molecule has 1 heterocycles. The molecule has 0 saturated carbocycles. The van der Waals surface area contributed by atoms with Gasteiger partial charge in [0, 0.05) is 23.0 Å². The second-order valence-corrected chi connectivity index (χ2v) is 6.37. The van der Waals surface area contributed by atoms with Gasteiger partial charge in [0.05, 0.1) is 3.79 Å². The summed E-state index contributed by atoms with van der Waals surface area (Å²) in [5.74, 6) is 0.347. The molecule has 1 aromatic heterocycles. The van der Waals surface area contributed by atoms with Crippen LogP contribution in [0.4, 0.5) is 0 Å². The number of nitrogens with one attached hydrogen (secondary N) is 1. The van der Waals surface area contributed by atoms with Gasteiger partial charge in [-0.1, -0.05) is 18.2 Å². The second kappa shape index (κ2) is 5.67. The first-order chi connectivity index (χ1) is 8.16. The molecule has 0 aliphatic heterocycles. The van der Waals surface area contributed by atoms with Gasteiger partial charge >= 0.3 is 0 Å². The third-order valence-corrected chi connectivity index (χ3v) is 4.42. The van der Waals surface area contributed by atoms with Crippen molar-refractivity contribution in [2.24, 2.45) is 0 Å². The molecule has 0 bridgehead atoms. The van der Waals surface area contributed by atoms with Gasteiger partial charge in [0.1, 0.15) is 5.75 Å². The summed E-state index contributed by atoms with van der Waals surface area (Å²) in [6.45, 7) is 2.79. The predicted molar refractivity (Wildman–Crippen MR) is 75.4 cm³/mol. The molecule has 0 saturated heterocycles. The lowest BCUT2D eigenvalue weighted by Crippen LogP contribution is -2.17. The Bertz CT molecular complexity index is 498. The average molecular weight is 312 g/mol. The number of rotatable bonds is 4. The molecule has 1 atom stereocenters. The molecule has 17 heavy (non-hydrogen) atoms. The van der Waals surface area contributed by atoms with Crippen molar-refractivity contribution in [1.29, 1.82) is 0 Å². The Kier molecular flexibility index (Phi) is 4.20. The number of para-hydroxylation sites is 1. The fraction of sp³-hybridized carbons (Fsp3) is 0.231. The van der Waals surface area contributed by atoms with Gasteiger partial charge in [-0.25, -0.2) is 0 Å². The highest BCUT2D eigenvalue weighted by Crippen LogP contribution is 2.27. The summed E-state index contributed by atoms with van der Waals surface area (Å²) in [6, 6.07) is 11.9. The third kappa shape index (κ3) is 3.31. The van der Waals surface area contributed by atoms with Crippen LogP contribution >= 0.6 is 27.3 Å². The molecule has 2 aromatic rings. The van der Waals surface area contributed by atoms with Crippen molar-refractivity contribution in [3.63, 3.8) is 0 Å². The Morgan fingerprint density at radius 3 is 2.71 bits per heavy atom. The van der Waals surface area contributed by atoms with Crippen molar-refractivity contribution in [2.45, 2.75) is 19.5 Å². The number of benzene rings is 1. The number of aromatic hydroxyl groups is 1. The zero-order valence-electron chi connectivity index (χ0n) is 9.48. The van der Waals surface area contributed by atoms with Crippen molar-refractivity contribution in [2.75, 3.05) is 0 Å². The summed E-state index contributed by atoms with van der Waals surface area (Å²) in [4.78, 5) is 1.28. The summed E-state index contributed by atoms with van der Waals surface area (Å²) in [6.07, 6.45) is 0. The van der Waals surface area contributed by atoms with E-state index in [1.165, 1.54) is 4.88 Å². The smallest absolute Gasteiger partial charge is 0.120 e. The minimum atomic E-state index is 0.283. The lowest BCUT2D eigenvalue weighted by atomic mass is 10.2. The van der Waals surface area contributed by atoms with Gasteiger partial charge in [-0.2, -0.15) is 0 Å². The van der Waals surface area contributed by atoms with Gasteiger partial charge < -0.3 is 10.4 Å². The van der Waals surface area contributed by atoms with Crippen LogP contribution in [0.5, 0.6) is 5.75 Å². The van der Waals surface area contributed by atoms with E-state index in [4.69, 9.17) is 0 Å². The van der Waals surface area contributed by atoms with E-state index in [0.717, 1.165) is 9.35 Å². The van der Waals surface area contributed by atoms with Gasteiger partial charge in [0.15, 0.2) is 0 Å². The molecule has 0 aliphatic rings. The maximum Gasteiger partial charge on any atom is 0.120 e. The van der Waals surface area contributed by atoms with E-state index in [1.54, 1.807) is 17.4 Å². The van der Waals surface area contributed by atoms with Gasteiger partial charge in [-0.3, -0.25) is 0 Å². The largest absolute Gasteiger partial charge is 0.508 e. The van der Waals surface area contributed by atoms with Crippen LogP contribution in [0.25, 0.3) is 0 Å². The van der Waals surface area contributed by atoms with Crippen molar-refractivity contribution >= 4 is 27.3 Å². The molecule has 0 aliphatic carbocycles.